The van der Waals surface area contributed by atoms with Crippen LogP contribution in [0, 0.1) is 17.0 Å². The van der Waals surface area contributed by atoms with Gasteiger partial charge in [0.1, 0.15) is 0 Å². The van der Waals surface area contributed by atoms with Gasteiger partial charge in [-0.3, -0.25) is 10.1 Å². The Morgan fingerprint density at radius 2 is 2.00 bits per heavy atom. The first-order valence-corrected chi connectivity index (χ1v) is 6.66. The van der Waals surface area contributed by atoms with E-state index in [0.29, 0.717) is 27.8 Å². The number of hydrogen-bond donors (Lipinski definition) is 1. The van der Waals surface area contributed by atoms with E-state index < -0.39 is 0 Å². The lowest BCUT2D eigenvalue weighted by molar-refractivity contribution is -0.385. The molecule has 104 valence electrons. The van der Waals surface area contributed by atoms with Gasteiger partial charge in [0, 0.05) is 23.2 Å². The molecule has 1 N–H and O–H groups in total. The summed E-state index contributed by atoms with van der Waals surface area (Å²) < 4.78 is 0. The molecule has 6 heteroatoms. The van der Waals surface area contributed by atoms with Crippen molar-refractivity contribution in [2.45, 2.75) is 13.5 Å². The number of benzene rings is 2. The summed E-state index contributed by atoms with van der Waals surface area (Å²) >= 11 is 12.0. The zero-order chi connectivity index (χ0) is 14.7. The van der Waals surface area contributed by atoms with E-state index >= 15 is 0 Å². The van der Waals surface area contributed by atoms with Crippen molar-refractivity contribution in [1.29, 1.82) is 0 Å². The fraction of sp³-hybridized carbons (Fsp3) is 0.143. The summed E-state index contributed by atoms with van der Waals surface area (Å²) in [5, 5.41) is 15.2. The van der Waals surface area contributed by atoms with Crippen LogP contribution in [0.4, 0.5) is 11.4 Å². The summed E-state index contributed by atoms with van der Waals surface area (Å²) in [5.74, 6) is 0. The van der Waals surface area contributed by atoms with Crippen molar-refractivity contribution < 1.29 is 4.92 Å². The molecule has 2 aromatic carbocycles. The van der Waals surface area contributed by atoms with Crippen LogP contribution in [-0.2, 0) is 6.54 Å². The standard InChI is InChI=1S/C14H12Cl2N2O2/c1-9-10(3-2-4-14(9)18(19)20)8-17-13-7-11(15)5-6-12(13)16/h2-7,17H,8H2,1H3. The smallest absolute Gasteiger partial charge is 0.272 e. The fourth-order valence-electron chi connectivity index (χ4n) is 1.88. The van der Waals surface area contributed by atoms with Gasteiger partial charge >= 0.3 is 0 Å². The van der Waals surface area contributed by atoms with E-state index in [0.717, 1.165) is 5.56 Å². The second-order valence-electron chi connectivity index (χ2n) is 4.30. The number of nitrogens with one attached hydrogen (secondary N) is 1. The molecule has 0 saturated heterocycles. The van der Waals surface area contributed by atoms with Crippen molar-refractivity contribution in [2.75, 3.05) is 5.32 Å². The summed E-state index contributed by atoms with van der Waals surface area (Å²) in [6.45, 7) is 2.17. The molecule has 0 aliphatic rings. The fourth-order valence-corrected chi connectivity index (χ4v) is 2.24. The Bertz CT molecular complexity index is 660. The van der Waals surface area contributed by atoms with E-state index in [1.54, 1.807) is 31.2 Å². The zero-order valence-electron chi connectivity index (χ0n) is 10.7. The molecule has 0 unspecified atom stereocenters. The number of anilines is 1. The maximum atomic E-state index is 10.9. The monoisotopic (exact) mass is 310 g/mol. The summed E-state index contributed by atoms with van der Waals surface area (Å²) in [4.78, 5) is 10.5. The molecular formula is C14H12Cl2N2O2. The van der Waals surface area contributed by atoms with Crippen molar-refractivity contribution in [3.05, 3.63) is 67.7 Å². The highest BCUT2D eigenvalue weighted by molar-refractivity contribution is 6.35. The van der Waals surface area contributed by atoms with Crippen molar-refractivity contribution in [2.24, 2.45) is 0 Å². The van der Waals surface area contributed by atoms with E-state index in [1.807, 2.05) is 6.07 Å². The first-order valence-electron chi connectivity index (χ1n) is 5.91. The Morgan fingerprint density at radius 3 is 2.70 bits per heavy atom. The third-order valence-corrected chi connectivity index (χ3v) is 3.58. The van der Waals surface area contributed by atoms with Crippen LogP contribution in [0.3, 0.4) is 0 Å². The van der Waals surface area contributed by atoms with Gasteiger partial charge in [-0.2, -0.15) is 0 Å². The first-order chi connectivity index (χ1) is 9.49. The Kier molecular flexibility index (Phi) is 4.47. The maximum Gasteiger partial charge on any atom is 0.272 e. The molecule has 0 atom stereocenters. The lowest BCUT2D eigenvalue weighted by Crippen LogP contribution is -2.03. The molecule has 20 heavy (non-hydrogen) atoms. The predicted octanol–water partition coefficient (Wildman–Crippen LogP) is 4.82. The molecule has 0 fully saturated rings. The van der Waals surface area contributed by atoms with E-state index in [1.165, 1.54) is 6.07 Å². The average Bonchev–Trinajstić information content (AvgIpc) is 2.41. The van der Waals surface area contributed by atoms with E-state index in [-0.39, 0.29) is 10.6 Å². The molecule has 0 spiro atoms. The molecule has 2 aromatic rings. The molecule has 4 nitrogen and oxygen atoms in total. The minimum Gasteiger partial charge on any atom is -0.380 e. The molecule has 0 heterocycles. The lowest BCUT2D eigenvalue weighted by Gasteiger charge is -2.11. The van der Waals surface area contributed by atoms with Gasteiger partial charge in [-0.25, -0.2) is 0 Å². The van der Waals surface area contributed by atoms with Crippen LogP contribution in [0.2, 0.25) is 10.0 Å². The number of nitrogens with zero attached hydrogens (tertiary/aromatic N) is 1. The van der Waals surface area contributed by atoms with Gasteiger partial charge in [0.25, 0.3) is 5.69 Å². The highest BCUT2D eigenvalue weighted by atomic mass is 35.5. The Hall–Kier alpha value is -1.78. The second kappa shape index (κ2) is 6.11. The van der Waals surface area contributed by atoms with Gasteiger partial charge < -0.3 is 5.32 Å². The average molecular weight is 311 g/mol. The van der Waals surface area contributed by atoms with Gasteiger partial charge in [-0.15, -0.1) is 0 Å². The largest absolute Gasteiger partial charge is 0.380 e. The Balaban J connectivity index is 2.21. The number of hydrogen-bond acceptors (Lipinski definition) is 3. The molecule has 0 aliphatic heterocycles. The minimum atomic E-state index is -0.384. The molecule has 0 aliphatic carbocycles. The molecule has 0 bridgehead atoms. The van der Waals surface area contributed by atoms with Gasteiger partial charge in [-0.05, 0) is 30.7 Å². The van der Waals surface area contributed by atoms with Crippen LogP contribution in [0.5, 0.6) is 0 Å². The summed E-state index contributed by atoms with van der Waals surface area (Å²) in [6, 6.07) is 10.1. The summed E-state index contributed by atoms with van der Waals surface area (Å²) in [6.07, 6.45) is 0. The number of rotatable bonds is 4. The van der Waals surface area contributed by atoms with Crippen LogP contribution in [0.15, 0.2) is 36.4 Å². The number of nitro benzene ring substituents is 1. The molecule has 0 radical (unpaired) electrons. The lowest BCUT2D eigenvalue weighted by atomic mass is 10.1. The minimum absolute atomic E-state index is 0.112. The summed E-state index contributed by atoms with van der Waals surface area (Å²) in [5.41, 5.74) is 2.30. The SMILES string of the molecule is Cc1c(CNc2cc(Cl)ccc2Cl)cccc1[N+](=O)[O-]. The van der Waals surface area contributed by atoms with Gasteiger partial charge in [0.15, 0.2) is 0 Å². The van der Waals surface area contributed by atoms with Crippen molar-refractivity contribution >= 4 is 34.6 Å². The third kappa shape index (κ3) is 3.21. The zero-order valence-corrected chi connectivity index (χ0v) is 12.2. The quantitative estimate of drug-likeness (QED) is 0.650. The first kappa shape index (κ1) is 14.6. The normalized spacial score (nSPS) is 10.3. The highest BCUT2D eigenvalue weighted by Crippen LogP contribution is 2.27. The second-order valence-corrected chi connectivity index (χ2v) is 5.14. The van der Waals surface area contributed by atoms with Gasteiger partial charge in [0.2, 0.25) is 0 Å². The van der Waals surface area contributed by atoms with E-state index in [4.69, 9.17) is 23.2 Å². The predicted molar refractivity (Wildman–Crippen MR) is 81.6 cm³/mol. The maximum absolute atomic E-state index is 10.9. The molecule has 0 amide bonds. The van der Waals surface area contributed by atoms with Crippen LogP contribution in [0.1, 0.15) is 11.1 Å². The van der Waals surface area contributed by atoms with Gasteiger partial charge in [-0.1, -0.05) is 35.3 Å². The summed E-state index contributed by atoms with van der Waals surface area (Å²) in [7, 11) is 0. The van der Waals surface area contributed by atoms with Gasteiger partial charge in [0.05, 0.1) is 15.6 Å². The van der Waals surface area contributed by atoms with Crippen LogP contribution in [-0.4, -0.2) is 4.92 Å². The van der Waals surface area contributed by atoms with Crippen LogP contribution < -0.4 is 5.32 Å². The Morgan fingerprint density at radius 1 is 1.25 bits per heavy atom. The Labute approximate surface area is 126 Å². The molecule has 2 rings (SSSR count). The topological polar surface area (TPSA) is 55.2 Å². The van der Waals surface area contributed by atoms with Crippen molar-refractivity contribution in [1.82, 2.24) is 0 Å². The molecule has 0 aromatic heterocycles. The van der Waals surface area contributed by atoms with E-state index in [2.05, 4.69) is 5.32 Å². The molecule has 0 saturated carbocycles. The van der Waals surface area contributed by atoms with E-state index in [9.17, 15) is 10.1 Å². The van der Waals surface area contributed by atoms with Crippen LogP contribution >= 0.6 is 23.2 Å². The third-order valence-electron chi connectivity index (χ3n) is 3.01. The molecular weight excluding hydrogens is 299 g/mol. The number of nitro groups is 1. The number of halogens is 2. The van der Waals surface area contributed by atoms with Crippen LogP contribution in [0.25, 0.3) is 0 Å². The highest BCUT2D eigenvalue weighted by Gasteiger charge is 2.13. The van der Waals surface area contributed by atoms with Crippen molar-refractivity contribution in [3.63, 3.8) is 0 Å². The van der Waals surface area contributed by atoms with Crippen molar-refractivity contribution in [3.8, 4) is 0 Å².